The molecule has 0 saturated heterocycles. The van der Waals surface area contributed by atoms with Crippen LogP contribution < -0.4 is 5.32 Å². The lowest BCUT2D eigenvalue weighted by atomic mass is 10.1. The Balaban J connectivity index is 0.000000461. The number of rotatable bonds is 0. The van der Waals surface area contributed by atoms with E-state index in [1.54, 1.807) is 0 Å². The van der Waals surface area contributed by atoms with Crippen LogP contribution in [0.15, 0.2) is 24.3 Å². The third kappa shape index (κ3) is 2.28. The van der Waals surface area contributed by atoms with Gasteiger partial charge >= 0.3 is 0 Å². The molecule has 1 heterocycles. The van der Waals surface area contributed by atoms with Gasteiger partial charge in [0, 0.05) is 11.3 Å². The lowest BCUT2D eigenvalue weighted by molar-refractivity contribution is 0.0993. The maximum atomic E-state index is 11.4. The number of fused-ring (bicyclic) bond motifs is 1. The topological polar surface area (TPSA) is 29.1 Å². The number of anilines is 1. The van der Waals surface area contributed by atoms with Gasteiger partial charge in [0.25, 0.3) is 0 Å². The van der Waals surface area contributed by atoms with Crippen molar-refractivity contribution < 1.29 is 4.79 Å². The van der Waals surface area contributed by atoms with Crippen LogP contribution in [0, 0.1) is 6.42 Å². The van der Waals surface area contributed by atoms with Gasteiger partial charge in [-0.1, -0.05) is 26.0 Å². The summed E-state index contributed by atoms with van der Waals surface area (Å²) in [6, 6.07) is 7.63. The van der Waals surface area contributed by atoms with Crippen molar-refractivity contribution >= 4 is 11.5 Å². The Labute approximate surface area is 85.3 Å². The van der Waals surface area contributed by atoms with Gasteiger partial charge in [-0.25, -0.2) is 0 Å². The number of nitrogens with one attached hydrogen (secondary N) is 1. The van der Waals surface area contributed by atoms with Crippen LogP contribution in [0.4, 0.5) is 5.69 Å². The van der Waals surface area contributed by atoms with E-state index in [-0.39, 0.29) is 5.78 Å². The summed E-state index contributed by atoms with van der Waals surface area (Å²) < 4.78 is 0. The summed E-state index contributed by atoms with van der Waals surface area (Å²) in [7, 11) is 0. The van der Waals surface area contributed by atoms with Gasteiger partial charge in [-0.2, -0.15) is 0 Å². The number of carbonyl (C=O) groups is 1. The predicted octanol–water partition coefficient (Wildman–Crippen LogP) is 2.92. The van der Waals surface area contributed by atoms with Crippen LogP contribution in [-0.2, 0) is 0 Å². The lowest BCUT2D eigenvalue weighted by Crippen LogP contribution is -1.99. The second-order valence-corrected chi connectivity index (χ2v) is 2.84. The summed E-state index contributed by atoms with van der Waals surface area (Å²) in [5.74, 6) is 0.204. The van der Waals surface area contributed by atoms with Crippen LogP contribution in [0.25, 0.3) is 0 Å². The van der Waals surface area contributed by atoms with Gasteiger partial charge in [0.1, 0.15) is 6.42 Å². The molecule has 1 aliphatic heterocycles. The molecule has 0 atom stereocenters. The Morgan fingerprint density at radius 1 is 1.29 bits per heavy atom. The minimum Gasteiger partial charge on any atom is -0.347 e. The number of ketones is 1. The van der Waals surface area contributed by atoms with Crippen molar-refractivity contribution in [2.75, 3.05) is 11.9 Å². The SMILES string of the molecule is CC.O=C1C[CH+]CNc2ccccc21. The van der Waals surface area contributed by atoms with E-state index < -0.39 is 0 Å². The van der Waals surface area contributed by atoms with Crippen LogP contribution >= 0.6 is 0 Å². The van der Waals surface area contributed by atoms with E-state index in [1.165, 1.54) is 0 Å². The third-order valence-electron chi connectivity index (χ3n) is 1.99. The highest BCUT2D eigenvalue weighted by atomic mass is 16.1. The zero-order valence-corrected chi connectivity index (χ0v) is 8.71. The molecule has 0 aromatic heterocycles. The molecule has 0 aliphatic carbocycles. The highest BCUT2D eigenvalue weighted by Gasteiger charge is 2.18. The molecular formula is C12H16NO+. The Bertz CT molecular complexity index is 307. The van der Waals surface area contributed by atoms with Crippen LogP contribution in [0.3, 0.4) is 0 Å². The summed E-state index contributed by atoms with van der Waals surface area (Å²) in [6.07, 6.45) is 2.51. The third-order valence-corrected chi connectivity index (χ3v) is 1.99. The normalized spacial score (nSPS) is 13.7. The molecule has 1 aliphatic rings. The zero-order valence-electron chi connectivity index (χ0n) is 8.71. The molecule has 0 unspecified atom stereocenters. The molecule has 0 bridgehead atoms. The van der Waals surface area contributed by atoms with Crippen LogP contribution in [0.5, 0.6) is 0 Å². The Morgan fingerprint density at radius 2 is 2.00 bits per heavy atom. The number of hydrogen-bond acceptors (Lipinski definition) is 2. The van der Waals surface area contributed by atoms with Crippen molar-refractivity contribution in [1.29, 1.82) is 0 Å². The summed E-state index contributed by atoms with van der Waals surface area (Å²) in [6.45, 7) is 4.78. The predicted molar refractivity (Wildman–Crippen MR) is 59.5 cm³/mol. The first-order valence-electron chi connectivity index (χ1n) is 5.06. The number of hydrogen-bond donors (Lipinski definition) is 1. The zero-order chi connectivity index (χ0) is 10.4. The molecule has 1 N–H and O–H groups in total. The highest BCUT2D eigenvalue weighted by molar-refractivity contribution is 6.02. The first kappa shape index (κ1) is 10.6. The molecule has 0 spiro atoms. The van der Waals surface area contributed by atoms with Gasteiger partial charge in [-0.05, 0) is 12.1 Å². The number of para-hydroxylation sites is 1. The standard InChI is InChI=1S/C10H9NO.C2H6/c12-10-6-3-7-11-9-5-2-1-4-8(9)10;1-2/h1-5H,6-7H2;1-2H3/p+1. The van der Waals surface area contributed by atoms with Crippen molar-refractivity contribution in [1.82, 2.24) is 0 Å². The Kier molecular flexibility index (Phi) is 4.05. The largest absolute Gasteiger partial charge is 0.347 e. The fourth-order valence-corrected chi connectivity index (χ4v) is 1.38. The molecule has 2 nitrogen and oxygen atoms in total. The molecule has 14 heavy (non-hydrogen) atoms. The van der Waals surface area contributed by atoms with Crippen molar-refractivity contribution in [3.8, 4) is 0 Å². The van der Waals surface area contributed by atoms with Gasteiger partial charge in [-0.15, -0.1) is 0 Å². The van der Waals surface area contributed by atoms with E-state index in [2.05, 4.69) is 5.32 Å². The van der Waals surface area contributed by atoms with Gasteiger partial charge in [0.2, 0.25) is 5.78 Å². The molecule has 2 rings (SSSR count). The smallest absolute Gasteiger partial charge is 0.209 e. The van der Waals surface area contributed by atoms with E-state index >= 15 is 0 Å². The summed E-state index contributed by atoms with van der Waals surface area (Å²) >= 11 is 0. The van der Waals surface area contributed by atoms with Crippen LogP contribution in [0.1, 0.15) is 30.6 Å². The molecular weight excluding hydrogens is 174 g/mol. The average Bonchev–Trinajstić information content (AvgIpc) is 2.45. The van der Waals surface area contributed by atoms with Crippen molar-refractivity contribution in [3.63, 3.8) is 0 Å². The van der Waals surface area contributed by atoms with Crippen molar-refractivity contribution in [2.45, 2.75) is 20.3 Å². The quantitative estimate of drug-likeness (QED) is 0.637. The maximum Gasteiger partial charge on any atom is 0.209 e. The minimum atomic E-state index is 0.204. The van der Waals surface area contributed by atoms with E-state index in [9.17, 15) is 4.79 Å². The van der Waals surface area contributed by atoms with E-state index in [0.717, 1.165) is 17.8 Å². The van der Waals surface area contributed by atoms with E-state index in [0.29, 0.717) is 6.42 Å². The summed E-state index contributed by atoms with van der Waals surface area (Å²) in [5.41, 5.74) is 1.77. The van der Waals surface area contributed by atoms with Gasteiger partial charge in [0.05, 0.1) is 0 Å². The molecule has 1 aromatic rings. The van der Waals surface area contributed by atoms with Gasteiger partial charge in [0.15, 0.2) is 13.0 Å². The van der Waals surface area contributed by atoms with E-state index in [4.69, 9.17) is 0 Å². The number of benzene rings is 1. The molecule has 0 saturated carbocycles. The maximum absolute atomic E-state index is 11.4. The number of carbonyl (C=O) groups excluding carboxylic acids is 1. The second-order valence-electron chi connectivity index (χ2n) is 2.84. The van der Waals surface area contributed by atoms with Crippen LogP contribution in [-0.4, -0.2) is 12.3 Å². The highest BCUT2D eigenvalue weighted by Crippen LogP contribution is 2.19. The Morgan fingerprint density at radius 3 is 2.79 bits per heavy atom. The average molecular weight is 190 g/mol. The molecule has 0 fully saturated rings. The van der Waals surface area contributed by atoms with Crippen molar-refractivity contribution in [2.24, 2.45) is 0 Å². The van der Waals surface area contributed by atoms with Gasteiger partial charge < -0.3 is 5.32 Å². The molecule has 1 aromatic carbocycles. The molecule has 0 radical (unpaired) electrons. The number of Topliss-reactive ketones (excluding diaryl/α,β-unsaturated/α-hetero) is 1. The molecule has 2 heteroatoms. The monoisotopic (exact) mass is 190 g/mol. The van der Waals surface area contributed by atoms with Gasteiger partial charge in [-0.3, -0.25) is 4.79 Å². The summed E-state index contributed by atoms with van der Waals surface area (Å²) in [5, 5.41) is 3.18. The fraction of sp³-hybridized carbons (Fsp3) is 0.333. The summed E-state index contributed by atoms with van der Waals surface area (Å²) in [4.78, 5) is 11.4. The second kappa shape index (κ2) is 5.32. The fourth-order valence-electron chi connectivity index (χ4n) is 1.38. The Hall–Kier alpha value is -1.44. The van der Waals surface area contributed by atoms with Crippen LogP contribution in [0.2, 0.25) is 0 Å². The van der Waals surface area contributed by atoms with E-state index in [1.807, 2.05) is 44.5 Å². The lowest BCUT2D eigenvalue weighted by Gasteiger charge is -2.01. The first-order chi connectivity index (χ1) is 6.88. The first-order valence-corrected chi connectivity index (χ1v) is 5.06. The molecule has 0 amide bonds. The minimum absolute atomic E-state index is 0.204. The molecule has 74 valence electrons. The van der Waals surface area contributed by atoms with Crippen molar-refractivity contribution in [3.05, 3.63) is 36.2 Å².